The molecule has 2 rings (SSSR count). The lowest BCUT2D eigenvalue weighted by Crippen LogP contribution is -2.31. The van der Waals surface area contributed by atoms with Gasteiger partial charge < -0.3 is 23.7 Å². The van der Waals surface area contributed by atoms with Gasteiger partial charge in [0, 0.05) is 13.8 Å². The molecule has 0 spiro atoms. The molecule has 182 valence electrons. The number of methoxy groups -OCH3 is 1. The zero-order chi connectivity index (χ0) is 24.6. The summed E-state index contributed by atoms with van der Waals surface area (Å²) in [5, 5.41) is 0. The first kappa shape index (κ1) is 26.8. The fourth-order valence-corrected chi connectivity index (χ4v) is 2.98. The number of carbonyl (C=O) groups is 2. The lowest BCUT2D eigenvalue weighted by atomic mass is 10.1. The highest BCUT2D eigenvalue weighted by atomic mass is 16.6. The van der Waals surface area contributed by atoms with Gasteiger partial charge in [-0.05, 0) is 35.4 Å². The van der Waals surface area contributed by atoms with E-state index in [9.17, 15) is 9.59 Å². The van der Waals surface area contributed by atoms with E-state index in [-0.39, 0.29) is 0 Å². The van der Waals surface area contributed by atoms with Crippen molar-refractivity contribution in [1.29, 1.82) is 0 Å². The topological polar surface area (TPSA) is 80.3 Å². The number of carbonyl (C=O) groups excluding carboxylic acids is 2. The highest BCUT2D eigenvalue weighted by molar-refractivity contribution is 5.67. The first-order valence-electron chi connectivity index (χ1n) is 11.0. The minimum atomic E-state index is -0.795. The summed E-state index contributed by atoms with van der Waals surface area (Å²) in [6.07, 6.45) is 5.19. The Labute approximate surface area is 200 Å². The van der Waals surface area contributed by atoms with Gasteiger partial charge in [0.1, 0.15) is 5.75 Å². The van der Waals surface area contributed by atoms with E-state index in [1.807, 2.05) is 54.6 Å². The molecule has 2 aromatic rings. The zero-order valence-corrected chi connectivity index (χ0v) is 19.8. The molecule has 7 nitrogen and oxygen atoms in total. The predicted octanol–water partition coefficient (Wildman–Crippen LogP) is 4.40. The van der Waals surface area contributed by atoms with Gasteiger partial charge in [-0.3, -0.25) is 9.59 Å². The zero-order valence-electron chi connectivity index (χ0n) is 19.8. The molecule has 0 aliphatic heterocycles. The van der Waals surface area contributed by atoms with Crippen molar-refractivity contribution in [2.45, 2.75) is 39.3 Å². The van der Waals surface area contributed by atoms with E-state index in [2.05, 4.69) is 0 Å². The summed E-state index contributed by atoms with van der Waals surface area (Å²) in [4.78, 5) is 23.2. The van der Waals surface area contributed by atoms with Crippen LogP contribution < -0.4 is 4.74 Å². The lowest BCUT2D eigenvalue weighted by Gasteiger charge is -2.21. The number of esters is 2. The SMILES string of the molecule is COc1ccc(COC/C=C/[C@H](OC(C)=O)[C@H](/C=C/COCc2ccccc2)OC(C)=O)cc1. The van der Waals surface area contributed by atoms with Gasteiger partial charge in [-0.2, -0.15) is 0 Å². The summed E-state index contributed by atoms with van der Waals surface area (Å²) in [7, 11) is 1.62. The minimum absolute atomic E-state index is 0.292. The second kappa shape index (κ2) is 15.4. The predicted molar refractivity (Wildman–Crippen MR) is 128 cm³/mol. The van der Waals surface area contributed by atoms with Crippen molar-refractivity contribution in [2.75, 3.05) is 20.3 Å². The molecule has 0 aliphatic carbocycles. The van der Waals surface area contributed by atoms with Crippen molar-refractivity contribution in [3.63, 3.8) is 0 Å². The number of hydrogen-bond acceptors (Lipinski definition) is 7. The van der Waals surface area contributed by atoms with Gasteiger partial charge in [0.25, 0.3) is 0 Å². The highest BCUT2D eigenvalue weighted by Gasteiger charge is 2.22. The van der Waals surface area contributed by atoms with Crippen molar-refractivity contribution in [1.82, 2.24) is 0 Å². The van der Waals surface area contributed by atoms with E-state index in [1.54, 1.807) is 31.4 Å². The average Bonchev–Trinajstić information content (AvgIpc) is 2.82. The summed E-state index contributed by atoms with van der Waals surface area (Å²) in [6, 6.07) is 17.4. The molecule has 0 saturated heterocycles. The Morgan fingerprint density at radius 2 is 1.21 bits per heavy atom. The third-order valence-electron chi connectivity index (χ3n) is 4.55. The molecule has 0 unspecified atom stereocenters. The van der Waals surface area contributed by atoms with E-state index in [1.165, 1.54) is 13.8 Å². The van der Waals surface area contributed by atoms with Crippen LogP contribution in [-0.2, 0) is 41.8 Å². The molecule has 0 aliphatic rings. The summed E-state index contributed by atoms with van der Waals surface area (Å²) >= 11 is 0. The van der Waals surface area contributed by atoms with Crippen LogP contribution in [-0.4, -0.2) is 44.5 Å². The van der Waals surface area contributed by atoms with Gasteiger partial charge in [0.15, 0.2) is 12.2 Å². The van der Waals surface area contributed by atoms with Gasteiger partial charge in [-0.15, -0.1) is 0 Å². The normalized spacial score (nSPS) is 13.0. The minimum Gasteiger partial charge on any atom is -0.497 e. The summed E-state index contributed by atoms with van der Waals surface area (Å²) in [5.74, 6) is -0.191. The molecule has 0 saturated carbocycles. The average molecular weight is 469 g/mol. The standard InChI is InChI=1S/C27H32O7/c1-21(28)33-26(11-7-17-31-19-23-9-5-4-6-10-23)27(34-22(2)29)12-8-18-32-20-24-13-15-25(30-3)16-14-24/h4-16,26-27H,17-20H2,1-3H3/b11-7+,12-8+/t26-,27-/m0/s1. The molecular formula is C27H32O7. The summed E-state index contributed by atoms with van der Waals surface area (Å²) in [5.41, 5.74) is 2.06. The van der Waals surface area contributed by atoms with Crippen molar-refractivity contribution in [3.05, 3.63) is 90.0 Å². The second-order valence-corrected chi connectivity index (χ2v) is 7.37. The van der Waals surface area contributed by atoms with Crippen molar-refractivity contribution in [3.8, 4) is 5.75 Å². The maximum absolute atomic E-state index is 11.6. The fraction of sp³-hybridized carbons (Fsp3) is 0.333. The quantitative estimate of drug-likeness (QED) is 0.231. The molecule has 0 radical (unpaired) electrons. The molecular weight excluding hydrogens is 436 g/mol. The van der Waals surface area contributed by atoms with Crippen LogP contribution in [0.4, 0.5) is 0 Å². The Bertz CT molecular complexity index is 920. The molecule has 0 bridgehead atoms. The van der Waals surface area contributed by atoms with Crippen LogP contribution in [0.1, 0.15) is 25.0 Å². The second-order valence-electron chi connectivity index (χ2n) is 7.37. The smallest absolute Gasteiger partial charge is 0.303 e. The van der Waals surface area contributed by atoms with Crippen molar-refractivity contribution >= 4 is 11.9 Å². The van der Waals surface area contributed by atoms with Crippen LogP contribution in [0.3, 0.4) is 0 Å². The molecule has 0 fully saturated rings. The number of benzene rings is 2. The van der Waals surface area contributed by atoms with Gasteiger partial charge >= 0.3 is 11.9 Å². The Morgan fingerprint density at radius 3 is 1.65 bits per heavy atom. The van der Waals surface area contributed by atoms with E-state index in [0.29, 0.717) is 26.4 Å². The number of ether oxygens (including phenoxy) is 5. The largest absolute Gasteiger partial charge is 0.497 e. The van der Waals surface area contributed by atoms with Crippen molar-refractivity contribution in [2.24, 2.45) is 0 Å². The van der Waals surface area contributed by atoms with Crippen LogP contribution in [0.2, 0.25) is 0 Å². The van der Waals surface area contributed by atoms with Crippen LogP contribution in [0.5, 0.6) is 5.75 Å². The van der Waals surface area contributed by atoms with Crippen LogP contribution in [0.25, 0.3) is 0 Å². The van der Waals surface area contributed by atoms with E-state index in [0.717, 1.165) is 16.9 Å². The summed E-state index contributed by atoms with van der Waals surface area (Å²) < 4.78 is 27.1. The molecule has 2 atom stereocenters. The van der Waals surface area contributed by atoms with Crippen LogP contribution in [0, 0.1) is 0 Å². The molecule has 0 N–H and O–H groups in total. The highest BCUT2D eigenvalue weighted by Crippen LogP contribution is 2.13. The number of hydrogen-bond donors (Lipinski definition) is 0. The van der Waals surface area contributed by atoms with Gasteiger partial charge in [-0.25, -0.2) is 0 Å². The van der Waals surface area contributed by atoms with Crippen molar-refractivity contribution < 1.29 is 33.3 Å². The molecule has 0 amide bonds. The maximum Gasteiger partial charge on any atom is 0.303 e. The van der Waals surface area contributed by atoms with Crippen LogP contribution >= 0.6 is 0 Å². The Kier molecular flexibility index (Phi) is 12.2. The van der Waals surface area contributed by atoms with Gasteiger partial charge in [0.05, 0.1) is 33.5 Å². The Hall–Kier alpha value is -3.42. The Morgan fingerprint density at radius 1 is 0.735 bits per heavy atom. The summed E-state index contributed by atoms with van der Waals surface area (Å²) in [6.45, 7) is 4.09. The molecule has 34 heavy (non-hydrogen) atoms. The van der Waals surface area contributed by atoms with E-state index in [4.69, 9.17) is 23.7 Å². The van der Waals surface area contributed by atoms with E-state index < -0.39 is 24.1 Å². The maximum atomic E-state index is 11.6. The first-order valence-corrected chi connectivity index (χ1v) is 11.0. The Balaban J connectivity index is 1.90. The molecule has 0 aromatic heterocycles. The van der Waals surface area contributed by atoms with Gasteiger partial charge in [0.2, 0.25) is 0 Å². The fourth-order valence-electron chi connectivity index (χ4n) is 2.98. The third-order valence-corrected chi connectivity index (χ3v) is 4.55. The molecule has 2 aromatic carbocycles. The van der Waals surface area contributed by atoms with Crippen LogP contribution in [0.15, 0.2) is 78.9 Å². The van der Waals surface area contributed by atoms with E-state index >= 15 is 0 Å². The lowest BCUT2D eigenvalue weighted by molar-refractivity contribution is -0.158. The number of rotatable bonds is 14. The molecule has 0 heterocycles. The monoisotopic (exact) mass is 468 g/mol. The first-order chi connectivity index (χ1) is 16.5. The molecule has 7 heteroatoms. The third kappa shape index (κ3) is 10.9. The van der Waals surface area contributed by atoms with Gasteiger partial charge in [-0.1, -0.05) is 54.6 Å².